The Morgan fingerprint density at radius 1 is 1.14 bits per heavy atom. The topological polar surface area (TPSA) is 161 Å². The minimum atomic E-state index is -2.78. The Bertz CT molecular complexity index is 426. The number of thioether (sulfide) groups is 1. The lowest BCUT2D eigenvalue weighted by Gasteiger charge is -2.22. The van der Waals surface area contributed by atoms with E-state index in [0.29, 0.717) is 5.75 Å². The molecule has 0 spiro atoms. The lowest BCUT2D eigenvalue weighted by molar-refractivity contribution is -0.167. The highest BCUT2D eigenvalue weighted by molar-refractivity contribution is 7.98. The zero-order chi connectivity index (χ0) is 16.6. The smallest absolute Gasteiger partial charge is 0.336 e. The summed E-state index contributed by atoms with van der Waals surface area (Å²) in [6, 6.07) is -1.23. The summed E-state index contributed by atoms with van der Waals surface area (Å²) >= 11 is 1.37. The molecular weight excluding hydrogens is 306 g/mol. The Morgan fingerprint density at radius 2 is 1.71 bits per heavy atom. The zero-order valence-electron chi connectivity index (χ0n) is 11.2. The molecule has 0 fully saturated rings. The van der Waals surface area contributed by atoms with Gasteiger partial charge in [-0.1, -0.05) is 0 Å². The SMILES string of the molecule is CSCC[C@H](NC(=O)C[C@@](O)(CC(=O)O)C(=O)O)C(=O)O. The molecule has 0 saturated carbocycles. The van der Waals surface area contributed by atoms with Gasteiger partial charge in [0.15, 0.2) is 5.60 Å². The molecule has 1 amide bonds. The fraction of sp³-hybridized carbons (Fsp3) is 0.636. The van der Waals surface area contributed by atoms with Crippen molar-refractivity contribution in [3.8, 4) is 0 Å². The first kappa shape index (κ1) is 19.2. The number of carboxylic acid groups (broad SMARTS) is 3. The van der Waals surface area contributed by atoms with E-state index in [1.807, 2.05) is 0 Å². The zero-order valence-corrected chi connectivity index (χ0v) is 12.1. The molecule has 9 nitrogen and oxygen atoms in total. The van der Waals surface area contributed by atoms with Crippen LogP contribution >= 0.6 is 11.8 Å². The van der Waals surface area contributed by atoms with E-state index in [4.69, 9.17) is 15.3 Å². The average Bonchev–Trinajstić information content (AvgIpc) is 2.32. The highest BCUT2D eigenvalue weighted by Gasteiger charge is 2.41. The molecule has 0 heterocycles. The van der Waals surface area contributed by atoms with E-state index < -0.39 is 48.3 Å². The standard InChI is InChI=1S/C11H17NO8S/c1-21-3-2-6(9(16)17)12-7(13)4-11(20,10(18)19)5-8(14)15/h6,20H,2-5H2,1H3,(H,12,13)(H,14,15)(H,16,17)(H,18,19)/t6-,11+/m0/s1. The number of carbonyl (C=O) groups excluding carboxylic acids is 1. The average molecular weight is 323 g/mol. The van der Waals surface area contributed by atoms with Crippen molar-refractivity contribution in [2.75, 3.05) is 12.0 Å². The van der Waals surface area contributed by atoms with Crippen LogP contribution in [0.2, 0.25) is 0 Å². The Morgan fingerprint density at radius 3 is 2.10 bits per heavy atom. The summed E-state index contributed by atoms with van der Waals surface area (Å²) in [4.78, 5) is 43.9. The summed E-state index contributed by atoms with van der Waals surface area (Å²) < 4.78 is 0. The molecular formula is C11H17NO8S. The van der Waals surface area contributed by atoms with Crippen molar-refractivity contribution in [1.29, 1.82) is 0 Å². The fourth-order valence-electron chi connectivity index (χ4n) is 1.47. The molecule has 0 unspecified atom stereocenters. The molecule has 21 heavy (non-hydrogen) atoms. The van der Waals surface area contributed by atoms with Crippen LogP contribution < -0.4 is 5.32 Å². The molecule has 5 N–H and O–H groups in total. The predicted molar refractivity (Wildman–Crippen MR) is 72.0 cm³/mol. The number of aliphatic hydroxyl groups is 1. The van der Waals surface area contributed by atoms with Crippen molar-refractivity contribution in [2.45, 2.75) is 30.9 Å². The molecule has 0 aliphatic heterocycles. The van der Waals surface area contributed by atoms with E-state index in [0.717, 1.165) is 0 Å². The Labute approximate surface area is 124 Å². The summed E-state index contributed by atoms with van der Waals surface area (Å²) in [5.74, 6) is -5.35. The third-order valence-corrected chi connectivity index (χ3v) is 3.18. The van der Waals surface area contributed by atoms with Crippen LogP contribution in [0.25, 0.3) is 0 Å². The third kappa shape index (κ3) is 6.95. The number of aliphatic carboxylic acids is 3. The lowest BCUT2D eigenvalue weighted by atomic mass is 9.95. The van der Waals surface area contributed by atoms with Crippen LogP contribution in [0.3, 0.4) is 0 Å². The van der Waals surface area contributed by atoms with Crippen LogP contribution in [-0.2, 0) is 19.2 Å². The van der Waals surface area contributed by atoms with Crippen LogP contribution in [0, 0.1) is 0 Å². The Hall–Kier alpha value is -1.81. The van der Waals surface area contributed by atoms with Crippen molar-refractivity contribution < 1.29 is 39.6 Å². The van der Waals surface area contributed by atoms with Gasteiger partial charge in [0.1, 0.15) is 6.04 Å². The molecule has 0 bridgehead atoms. The van der Waals surface area contributed by atoms with Gasteiger partial charge >= 0.3 is 17.9 Å². The van der Waals surface area contributed by atoms with Crippen molar-refractivity contribution >= 4 is 35.6 Å². The van der Waals surface area contributed by atoms with Crippen molar-refractivity contribution in [1.82, 2.24) is 5.32 Å². The molecule has 10 heteroatoms. The molecule has 0 aromatic carbocycles. The summed E-state index contributed by atoms with van der Waals surface area (Å²) in [5.41, 5.74) is -2.78. The van der Waals surface area contributed by atoms with E-state index in [-0.39, 0.29) is 6.42 Å². The van der Waals surface area contributed by atoms with Crippen LogP contribution in [0.5, 0.6) is 0 Å². The monoisotopic (exact) mass is 323 g/mol. The maximum Gasteiger partial charge on any atom is 0.336 e. The van der Waals surface area contributed by atoms with Crippen LogP contribution in [0.15, 0.2) is 0 Å². The highest BCUT2D eigenvalue weighted by Crippen LogP contribution is 2.16. The van der Waals surface area contributed by atoms with Gasteiger partial charge in [0.05, 0.1) is 12.8 Å². The van der Waals surface area contributed by atoms with Gasteiger partial charge in [-0.25, -0.2) is 9.59 Å². The first-order valence-corrected chi connectivity index (χ1v) is 7.20. The first-order valence-electron chi connectivity index (χ1n) is 5.81. The molecule has 0 saturated heterocycles. The maximum atomic E-state index is 11.6. The van der Waals surface area contributed by atoms with Gasteiger partial charge in [-0.05, 0) is 18.4 Å². The molecule has 0 aromatic heterocycles. The normalized spacial score (nSPS) is 14.8. The number of hydrogen-bond donors (Lipinski definition) is 5. The molecule has 0 aliphatic carbocycles. The van der Waals surface area contributed by atoms with E-state index in [9.17, 15) is 24.3 Å². The highest BCUT2D eigenvalue weighted by atomic mass is 32.2. The molecule has 120 valence electrons. The minimum Gasteiger partial charge on any atom is -0.481 e. The van der Waals surface area contributed by atoms with Crippen molar-refractivity contribution in [3.63, 3.8) is 0 Å². The number of nitrogens with one attached hydrogen (secondary N) is 1. The summed E-state index contributed by atoms with van der Waals surface area (Å²) in [7, 11) is 0. The molecule has 0 aliphatic rings. The first-order chi connectivity index (χ1) is 9.62. The number of carbonyl (C=O) groups is 4. The molecule has 0 aromatic rings. The summed E-state index contributed by atoms with van der Waals surface area (Å²) in [6.07, 6.45) is -0.348. The largest absolute Gasteiger partial charge is 0.481 e. The predicted octanol–water partition coefficient (Wildman–Crippen LogP) is -1.01. The number of carboxylic acids is 3. The fourth-order valence-corrected chi connectivity index (χ4v) is 1.94. The second-order valence-corrected chi connectivity index (χ2v) is 5.31. The van der Waals surface area contributed by atoms with Gasteiger partial charge in [0.2, 0.25) is 5.91 Å². The van der Waals surface area contributed by atoms with E-state index in [1.165, 1.54) is 11.8 Å². The van der Waals surface area contributed by atoms with E-state index in [1.54, 1.807) is 6.26 Å². The lowest BCUT2D eigenvalue weighted by Crippen LogP contribution is -2.48. The van der Waals surface area contributed by atoms with Gasteiger partial charge < -0.3 is 25.7 Å². The quantitative estimate of drug-likeness (QED) is 0.339. The Balaban J connectivity index is 4.79. The van der Waals surface area contributed by atoms with Crippen molar-refractivity contribution in [2.24, 2.45) is 0 Å². The van der Waals surface area contributed by atoms with Crippen LogP contribution in [-0.4, -0.2) is 67.9 Å². The summed E-state index contributed by atoms with van der Waals surface area (Å²) in [6.45, 7) is 0. The summed E-state index contributed by atoms with van der Waals surface area (Å²) in [5, 5.41) is 38.0. The number of amides is 1. The van der Waals surface area contributed by atoms with Crippen LogP contribution in [0.1, 0.15) is 19.3 Å². The second-order valence-electron chi connectivity index (χ2n) is 4.32. The maximum absolute atomic E-state index is 11.6. The van der Waals surface area contributed by atoms with E-state index >= 15 is 0 Å². The van der Waals surface area contributed by atoms with Crippen molar-refractivity contribution in [3.05, 3.63) is 0 Å². The number of hydrogen-bond acceptors (Lipinski definition) is 6. The molecule has 2 atom stereocenters. The second kappa shape index (κ2) is 8.47. The minimum absolute atomic E-state index is 0.118. The van der Waals surface area contributed by atoms with Gasteiger partial charge in [-0.15, -0.1) is 0 Å². The number of rotatable bonds is 10. The van der Waals surface area contributed by atoms with Crippen LogP contribution in [0.4, 0.5) is 0 Å². The van der Waals surface area contributed by atoms with Gasteiger partial charge in [-0.2, -0.15) is 11.8 Å². The van der Waals surface area contributed by atoms with Gasteiger partial charge in [-0.3, -0.25) is 9.59 Å². The molecule has 0 radical (unpaired) electrons. The van der Waals surface area contributed by atoms with E-state index in [2.05, 4.69) is 5.32 Å². The Kier molecular flexibility index (Phi) is 7.74. The molecule has 0 rings (SSSR count). The third-order valence-electron chi connectivity index (χ3n) is 2.54. The van der Waals surface area contributed by atoms with Gasteiger partial charge in [0, 0.05) is 0 Å². The van der Waals surface area contributed by atoms with Gasteiger partial charge in [0.25, 0.3) is 0 Å².